The summed E-state index contributed by atoms with van der Waals surface area (Å²) in [5, 5.41) is 4.32. The van der Waals surface area contributed by atoms with E-state index >= 15 is 0 Å². The predicted molar refractivity (Wildman–Crippen MR) is 72.9 cm³/mol. The van der Waals surface area contributed by atoms with Gasteiger partial charge in [0.25, 0.3) is 0 Å². The zero-order valence-electron chi connectivity index (χ0n) is 10.8. The Bertz CT molecular complexity index is 530. The molecule has 3 nitrogen and oxygen atoms in total. The Morgan fingerprint density at radius 1 is 1.28 bits per heavy atom. The first-order chi connectivity index (χ1) is 8.73. The van der Waals surface area contributed by atoms with Crippen LogP contribution in [0.1, 0.15) is 30.4 Å². The lowest BCUT2D eigenvalue weighted by atomic mass is 9.64. The van der Waals surface area contributed by atoms with Crippen LogP contribution in [0.2, 0.25) is 0 Å². The van der Waals surface area contributed by atoms with Crippen molar-refractivity contribution in [2.45, 2.75) is 31.6 Å². The molecule has 2 aromatic rings. The highest BCUT2D eigenvalue weighted by Gasteiger charge is 2.36. The van der Waals surface area contributed by atoms with Gasteiger partial charge in [-0.2, -0.15) is 5.10 Å². The first kappa shape index (κ1) is 11.5. The molecule has 94 valence electrons. The first-order valence-electron chi connectivity index (χ1n) is 6.56. The normalized spacial score (nSPS) is 17.4. The van der Waals surface area contributed by atoms with E-state index in [2.05, 4.69) is 36.3 Å². The van der Waals surface area contributed by atoms with Gasteiger partial charge in [-0.1, -0.05) is 18.6 Å². The lowest BCUT2D eigenvalue weighted by molar-refractivity contribution is 0.253. The molecule has 0 aliphatic heterocycles. The topological polar surface area (TPSA) is 43.8 Å². The summed E-state index contributed by atoms with van der Waals surface area (Å²) in [5.41, 5.74) is 9.85. The Morgan fingerprint density at radius 2 is 2.00 bits per heavy atom. The molecule has 3 heteroatoms. The summed E-state index contributed by atoms with van der Waals surface area (Å²) < 4.78 is 1.91. The van der Waals surface area contributed by atoms with Crippen LogP contribution in [-0.2, 0) is 5.41 Å². The summed E-state index contributed by atoms with van der Waals surface area (Å²) >= 11 is 0. The highest BCUT2D eigenvalue weighted by molar-refractivity contribution is 5.38. The molecule has 1 fully saturated rings. The summed E-state index contributed by atoms with van der Waals surface area (Å²) in [7, 11) is 0. The van der Waals surface area contributed by atoms with E-state index in [9.17, 15) is 0 Å². The molecule has 2 N–H and O–H groups in total. The summed E-state index contributed by atoms with van der Waals surface area (Å²) in [5.74, 6) is 0. The average molecular weight is 241 g/mol. The van der Waals surface area contributed by atoms with Crippen molar-refractivity contribution in [3.8, 4) is 5.69 Å². The number of hydrogen-bond acceptors (Lipinski definition) is 2. The van der Waals surface area contributed by atoms with E-state index in [1.807, 2.05) is 17.1 Å². The molecule has 0 atom stereocenters. The molecule has 0 bridgehead atoms. The van der Waals surface area contributed by atoms with Crippen LogP contribution < -0.4 is 5.73 Å². The fourth-order valence-corrected chi connectivity index (χ4v) is 2.74. The number of aromatic nitrogens is 2. The molecule has 1 aromatic heterocycles. The Kier molecular flexibility index (Phi) is 2.71. The van der Waals surface area contributed by atoms with Crippen LogP contribution in [0.3, 0.4) is 0 Å². The van der Waals surface area contributed by atoms with Gasteiger partial charge in [0, 0.05) is 18.2 Å². The van der Waals surface area contributed by atoms with Gasteiger partial charge in [0.15, 0.2) is 0 Å². The number of rotatable bonds is 3. The number of benzene rings is 1. The Morgan fingerprint density at radius 3 is 2.44 bits per heavy atom. The third-order valence-electron chi connectivity index (χ3n) is 4.16. The molecular formula is C15H19N3. The van der Waals surface area contributed by atoms with Gasteiger partial charge in [-0.3, -0.25) is 0 Å². The molecule has 0 spiro atoms. The van der Waals surface area contributed by atoms with E-state index in [0.29, 0.717) is 0 Å². The van der Waals surface area contributed by atoms with E-state index in [-0.39, 0.29) is 5.41 Å². The highest BCUT2D eigenvalue weighted by atomic mass is 15.3. The van der Waals surface area contributed by atoms with Crippen LogP contribution in [0.25, 0.3) is 5.69 Å². The Labute approximate surface area is 108 Å². The Balaban J connectivity index is 1.89. The minimum atomic E-state index is 0.249. The first-order valence-corrected chi connectivity index (χ1v) is 6.56. The molecule has 1 heterocycles. The standard InChI is InChI=1S/C15H19N3/c1-12-9-17-18(10-12)14-5-3-13(4-6-14)15(11-16)7-2-8-15/h3-6,9-10H,2,7-8,11,16H2,1H3. The second-order valence-corrected chi connectivity index (χ2v) is 5.35. The van der Waals surface area contributed by atoms with Crippen LogP contribution in [0.5, 0.6) is 0 Å². The second kappa shape index (κ2) is 4.25. The lowest BCUT2D eigenvalue weighted by Gasteiger charge is -2.41. The lowest BCUT2D eigenvalue weighted by Crippen LogP contribution is -2.41. The molecule has 1 aliphatic carbocycles. The van der Waals surface area contributed by atoms with Crippen molar-refractivity contribution in [1.29, 1.82) is 0 Å². The third-order valence-corrected chi connectivity index (χ3v) is 4.16. The highest BCUT2D eigenvalue weighted by Crippen LogP contribution is 2.42. The van der Waals surface area contributed by atoms with E-state index in [4.69, 9.17) is 5.73 Å². The Hall–Kier alpha value is -1.61. The van der Waals surface area contributed by atoms with Gasteiger partial charge in [0.2, 0.25) is 0 Å². The zero-order valence-corrected chi connectivity index (χ0v) is 10.8. The van der Waals surface area contributed by atoms with Crippen molar-refractivity contribution < 1.29 is 0 Å². The van der Waals surface area contributed by atoms with Gasteiger partial charge >= 0.3 is 0 Å². The van der Waals surface area contributed by atoms with Crippen LogP contribution in [-0.4, -0.2) is 16.3 Å². The molecule has 3 rings (SSSR count). The van der Waals surface area contributed by atoms with Crippen molar-refractivity contribution >= 4 is 0 Å². The molecule has 1 aliphatic rings. The van der Waals surface area contributed by atoms with Crippen molar-refractivity contribution in [2.24, 2.45) is 5.73 Å². The zero-order chi connectivity index (χ0) is 12.6. The number of hydrogen-bond donors (Lipinski definition) is 1. The SMILES string of the molecule is Cc1cnn(-c2ccc(C3(CN)CCC3)cc2)c1. The van der Waals surface area contributed by atoms with Crippen molar-refractivity contribution in [3.05, 3.63) is 47.8 Å². The molecule has 1 saturated carbocycles. The molecule has 0 saturated heterocycles. The third kappa shape index (κ3) is 1.75. The van der Waals surface area contributed by atoms with Crippen LogP contribution in [0.15, 0.2) is 36.7 Å². The smallest absolute Gasteiger partial charge is 0.0645 e. The van der Waals surface area contributed by atoms with Crippen LogP contribution >= 0.6 is 0 Å². The van der Waals surface area contributed by atoms with Gasteiger partial charge in [-0.25, -0.2) is 4.68 Å². The largest absolute Gasteiger partial charge is 0.330 e. The molecule has 18 heavy (non-hydrogen) atoms. The van der Waals surface area contributed by atoms with Gasteiger partial charge in [0.1, 0.15) is 0 Å². The molecular weight excluding hydrogens is 222 g/mol. The quantitative estimate of drug-likeness (QED) is 0.897. The predicted octanol–water partition coefficient (Wildman–Crippen LogP) is 2.56. The van der Waals surface area contributed by atoms with Crippen molar-refractivity contribution in [1.82, 2.24) is 9.78 Å². The maximum absolute atomic E-state index is 5.94. The summed E-state index contributed by atoms with van der Waals surface area (Å²) in [6.07, 6.45) is 7.67. The minimum Gasteiger partial charge on any atom is -0.330 e. The molecule has 0 amide bonds. The number of nitrogens with two attached hydrogens (primary N) is 1. The van der Waals surface area contributed by atoms with E-state index in [1.54, 1.807) is 0 Å². The van der Waals surface area contributed by atoms with E-state index in [1.165, 1.54) is 30.4 Å². The fourth-order valence-electron chi connectivity index (χ4n) is 2.74. The molecule has 1 aromatic carbocycles. The summed E-state index contributed by atoms with van der Waals surface area (Å²) in [6, 6.07) is 8.69. The second-order valence-electron chi connectivity index (χ2n) is 5.35. The van der Waals surface area contributed by atoms with E-state index < -0.39 is 0 Å². The average Bonchev–Trinajstić information content (AvgIpc) is 2.76. The van der Waals surface area contributed by atoms with Crippen LogP contribution in [0, 0.1) is 6.92 Å². The van der Waals surface area contributed by atoms with Gasteiger partial charge in [0.05, 0.1) is 11.9 Å². The summed E-state index contributed by atoms with van der Waals surface area (Å²) in [6.45, 7) is 2.81. The van der Waals surface area contributed by atoms with Gasteiger partial charge < -0.3 is 5.73 Å². The van der Waals surface area contributed by atoms with E-state index in [0.717, 1.165) is 12.2 Å². The van der Waals surface area contributed by atoms with Crippen molar-refractivity contribution in [2.75, 3.05) is 6.54 Å². The van der Waals surface area contributed by atoms with Crippen LogP contribution in [0.4, 0.5) is 0 Å². The number of aryl methyl sites for hydroxylation is 1. The number of nitrogens with zero attached hydrogens (tertiary/aromatic N) is 2. The molecule has 0 unspecified atom stereocenters. The summed E-state index contributed by atoms with van der Waals surface area (Å²) in [4.78, 5) is 0. The monoisotopic (exact) mass is 241 g/mol. The molecule has 0 radical (unpaired) electrons. The maximum atomic E-state index is 5.94. The fraction of sp³-hybridized carbons (Fsp3) is 0.400. The maximum Gasteiger partial charge on any atom is 0.0645 e. The van der Waals surface area contributed by atoms with Gasteiger partial charge in [-0.15, -0.1) is 0 Å². The van der Waals surface area contributed by atoms with Gasteiger partial charge in [-0.05, 0) is 43.0 Å². The minimum absolute atomic E-state index is 0.249. The van der Waals surface area contributed by atoms with Crippen molar-refractivity contribution in [3.63, 3.8) is 0 Å².